The van der Waals surface area contributed by atoms with Gasteiger partial charge in [0.05, 0.1) is 23.9 Å². The van der Waals surface area contributed by atoms with Crippen molar-refractivity contribution in [1.29, 1.82) is 0 Å². The van der Waals surface area contributed by atoms with E-state index in [9.17, 15) is 18.0 Å². The van der Waals surface area contributed by atoms with Crippen LogP contribution in [0.5, 0.6) is 0 Å². The highest BCUT2D eigenvalue weighted by atomic mass is 19.4. The van der Waals surface area contributed by atoms with Crippen molar-refractivity contribution in [2.45, 2.75) is 25.9 Å². The van der Waals surface area contributed by atoms with Crippen molar-refractivity contribution in [2.75, 3.05) is 25.5 Å². The molecule has 112 valence electrons. The monoisotopic (exact) mass is 289 g/mol. The fourth-order valence-corrected chi connectivity index (χ4v) is 1.58. The largest absolute Gasteiger partial charge is 0.390 e. The molecule has 0 aromatic carbocycles. The Labute approximate surface area is 116 Å². The number of pyridine rings is 1. The molecule has 0 saturated heterocycles. The van der Waals surface area contributed by atoms with E-state index < -0.39 is 18.5 Å². The smallest absolute Gasteiger partial charge is 0.383 e. The van der Waals surface area contributed by atoms with Gasteiger partial charge in [-0.05, 0) is 12.5 Å². The number of aromatic nitrogens is 1. The molecule has 1 amide bonds. The van der Waals surface area contributed by atoms with Crippen LogP contribution in [0, 0.1) is 0 Å². The summed E-state index contributed by atoms with van der Waals surface area (Å²) in [7, 11) is 1.36. The van der Waals surface area contributed by atoms with E-state index in [1.807, 2.05) is 6.92 Å². The zero-order chi connectivity index (χ0) is 15.2. The molecule has 1 rings (SSSR count). The normalized spacial score (nSPS) is 11.2. The molecule has 0 aliphatic heterocycles. The Morgan fingerprint density at radius 3 is 2.75 bits per heavy atom. The molecule has 1 heterocycles. The minimum absolute atomic E-state index is 0.332. The maximum Gasteiger partial charge on any atom is 0.390 e. The average Bonchev–Trinajstić information content (AvgIpc) is 2.41. The third-order valence-electron chi connectivity index (χ3n) is 2.69. The number of hydrogen-bond acceptors (Lipinski definition) is 3. The summed E-state index contributed by atoms with van der Waals surface area (Å²) in [5, 5.41) is 3.04. The van der Waals surface area contributed by atoms with E-state index in [0.29, 0.717) is 17.8 Å². The lowest BCUT2D eigenvalue weighted by Crippen LogP contribution is -2.31. The van der Waals surface area contributed by atoms with E-state index in [1.54, 1.807) is 0 Å². The van der Waals surface area contributed by atoms with Gasteiger partial charge in [0, 0.05) is 26.3 Å². The Hall–Kier alpha value is -1.79. The molecular weight excluding hydrogens is 271 g/mol. The lowest BCUT2D eigenvalue weighted by Gasteiger charge is -2.20. The van der Waals surface area contributed by atoms with Crippen molar-refractivity contribution in [3.05, 3.63) is 24.0 Å². The van der Waals surface area contributed by atoms with E-state index in [0.717, 1.165) is 11.3 Å². The molecule has 4 nitrogen and oxygen atoms in total. The summed E-state index contributed by atoms with van der Waals surface area (Å²) in [5.74, 6) is -0.449. The van der Waals surface area contributed by atoms with Crippen molar-refractivity contribution in [2.24, 2.45) is 0 Å². The van der Waals surface area contributed by atoms with Gasteiger partial charge in [0.2, 0.25) is 0 Å². The number of anilines is 1. The second kappa shape index (κ2) is 7.12. The first kappa shape index (κ1) is 16.3. The number of amides is 1. The molecule has 0 bridgehead atoms. The van der Waals surface area contributed by atoms with Gasteiger partial charge in [-0.25, -0.2) is 0 Å². The van der Waals surface area contributed by atoms with E-state index in [-0.39, 0.29) is 6.54 Å². The highest BCUT2D eigenvalue weighted by molar-refractivity contribution is 5.99. The fourth-order valence-electron chi connectivity index (χ4n) is 1.58. The molecule has 0 unspecified atom stereocenters. The number of nitrogens with one attached hydrogen (secondary N) is 1. The molecule has 1 aromatic heterocycles. The van der Waals surface area contributed by atoms with Crippen LogP contribution in [0.3, 0.4) is 0 Å². The molecular formula is C13H18F3N3O. The summed E-state index contributed by atoms with van der Waals surface area (Å²) in [6.45, 7) is 2.27. The molecule has 1 N–H and O–H groups in total. The van der Waals surface area contributed by atoms with Crippen molar-refractivity contribution < 1.29 is 18.0 Å². The quantitative estimate of drug-likeness (QED) is 0.875. The molecule has 0 saturated carbocycles. The highest BCUT2D eigenvalue weighted by Crippen LogP contribution is 2.21. The second-order valence-corrected chi connectivity index (χ2v) is 4.44. The van der Waals surface area contributed by atoms with Crippen LogP contribution in [-0.4, -0.2) is 42.1 Å². The molecule has 0 aliphatic rings. The van der Waals surface area contributed by atoms with Gasteiger partial charge in [0.1, 0.15) is 0 Å². The van der Waals surface area contributed by atoms with Gasteiger partial charge >= 0.3 is 6.18 Å². The number of alkyl halides is 3. The molecule has 0 fully saturated rings. The number of carbonyl (C=O) groups is 1. The van der Waals surface area contributed by atoms with Gasteiger partial charge in [-0.3, -0.25) is 9.78 Å². The Kier molecular flexibility index (Phi) is 5.79. The van der Waals surface area contributed by atoms with Crippen molar-refractivity contribution in [3.8, 4) is 0 Å². The Balaban J connectivity index is 2.75. The number of rotatable bonds is 6. The fraction of sp³-hybridized carbons (Fsp3) is 0.538. The van der Waals surface area contributed by atoms with E-state index in [2.05, 4.69) is 10.3 Å². The molecule has 0 atom stereocenters. The molecule has 1 aromatic rings. The van der Waals surface area contributed by atoms with Crippen molar-refractivity contribution in [3.63, 3.8) is 0 Å². The van der Waals surface area contributed by atoms with Gasteiger partial charge in [-0.15, -0.1) is 0 Å². The molecule has 7 heteroatoms. The predicted octanol–water partition coefficient (Wildman–Crippen LogP) is 2.93. The summed E-state index contributed by atoms with van der Waals surface area (Å²) >= 11 is 0. The average molecular weight is 289 g/mol. The van der Waals surface area contributed by atoms with Crippen LogP contribution in [0.4, 0.5) is 18.9 Å². The van der Waals surface area contributed by atoms with Gasteiger partial charge in [-0.2, -0.15) is 13.2 Å². The van der Waals surface area contributed by atoms with Gasteiger partial charge in [0.15, 0.2) is 0 Å². The summed E-state index contributed by atoms with van der Waals surface area (Å²) in [4.78, 5) is 17.1. The standard InChI is InChI=1S/C13H18F3N3O/c1-3-6-18-11-9-17-7-4-10(11)12(20)19(2)8-5-13(14,15)16/h4,7,9,18H,3,5-6,8H2,1-2H3. The zero-order valence-corrected chi connectivity index (χ0v) is 11.5. The highest BCUT2D eigenvalue weighted by Gasteiger charge is 2.28. The van der Waals surface area contributed by atoms with Crippen molar-refractivity contribution >= 4 is 11.6 Å². The maximum atomic E-state index is 12.2. The molecule has 0 radical (unpaired) electrons. The molecule has 0 aliphatic carbocycles. The summed E-state index contributed by atoms with van der Waals surface area (Å²) in [6.07, 6.45) is -1.47. The molecule has 20 heavy (non-hydrogen) atoms. The third-order valence-corrected chi connectivity index (χ3v) is 2.69. The summed E-state index contributed by atoms with van der Waals surface area (Å²) < 4.78 is 36.5. The molecule has 0 spiro atoms. The number of halogens is 3. The summed E-state index contributed by atoms with van der Waals surface area (Å²) in [6, 6.07) is 1.50. The van der Waals surface area contributed by atoms with E-state index >= 15 is 0 Å². The van der Waals surface area contributed by atoms with Gasteiger partial charge < -0.3 is 10.2 Å². The van der Waals surface area contributed by atoms with Gasteiger partial charge in [0.25, 0.3) is 5.91 Å². The number of nitrogens with zero attached hydrogens (tertiary/aromatic N) is 2. The zero-order valence-electron chi connectivity index (χ0n) is 11.5. The maximum absolute atomic E-state index is 12.2. The van der Waals surface area contributed by atoms with Crippen LogP contribution in [0.15, 0.2) is 18.5 Å². The third kappa shape index (κ3) is 5.07. The van der Waals surface area contributed by atoms with Crippen molar-refractivity contribution in [1.82, 2.24) is 9.88 Å². The predicted molar refractivity (Wildman–Crippen MR) is 70.7 cm³/mol. The minimum atomic E-state index is -4.27. The van der Waals surface area contributed by atoms with Crippen LogP contribution in [0.1, 0.15) is 30.1 Å². The van der Waals surface area contributed by atoms with Crippen LogP contribution in [0.25, 0.3) is 0 Å². The van der Waals surface area contributed by atoms with E-state index in [1.165, 1.54) is 25.5 Å². The number of hydrogen-bond donors (Lipinski definition) is 1. The lowest BCUT2D eigenvalue weighted by atomic mass is 10.2. The van der Waals surface area contributed by atoms with Crippen LogP contribution in [0.2, 0.25) is 0 Å². The number of carbonyl (C=O) groups excluding carboxylic acids is 1. The van der Waals surface area contributed by atoms with E-state index in [4.69, 9.17) is 0 Å². The Bertz CT molecular complexity index is 449. The Morgan fingerprint density at radius 2 is 2.15 bits per heavy atom. The van der Waals surface area contributed by atoms with Gasteiger partial charge in [-0.1, -0.05) is 6.92 Å². The Morgan fingerprint density at radius 1 is 1.45 bits per heavy atom. The second-order valence-electron chi connectivity index (χ2n) is 4.44. The van der Waals surface area contributed by atoms with Crippen LogP contribution in [-0.2, 0) is 0 Å². The first-order valence-corrected chi connectivity index (χ1v) is 6.35. The first-order valence-electron chi connectivity index (χ1n) is 6.35. The minimum Gasteiger partial charge on any atom is -0.383 e. The van der Waals surface area contributed by atoms with Crippen LogP contribution >= 0.6 is 0 Å². The first-order chi connectivity index (χ1) is 9.35. The SMILES string of the molecule is CCCNc1cnccc1C(=O)N(C)CCC(F)(F)F. The van der Waals surface area contributed by atoms with Crippen LogP contribution < -0.4 is 5.32 Å². The topological polar surface area (TPSA) is 45.2 Å². The summed E-state index contributed by atoms with van der Waals surface area (Å²) in [5.41, 5.74) is 0.872. The lowest BCUT2D eigenvalue weighted by molar-refractivity contribution is -0.136.